The van der Waals surface area contributed by atoms with Crippen LogP contribution in [-0.2, 0) is 22.5 Å². The van der Waals surface area contributed by atoms with Crippen LogP contribution in [0.4, 0.5) is 5.13 Å². The van der Waals surface area contributed by atoms with Gasteiger partial charge in [-0.3, -0.25) is 14.9 Å². The Hall–Kier alpha value is -2.97. The van der Waals surface area contributed by atoms with Crippen molar-refractivity contribution in [2.24, 2.45) is 0 Å². The average Bonchev–Trinajstić information content (AvgIpc) is 3.54. The molecule has 1 saturated heterocycles. The number of carbonyl (C=O) groups is 2. The molecule has 0 radical (unpaired) electrons. The first-order valence-corrected chi connectivity index (χ1v) is 10.9. The van der Waals surface area contributed by atoms with Gasteiger partial charge < -0.3 is 14.2 Å². The van der Waals surface area contributed by atoms with Gasteiger partial charge in [0.2, 0.25) is 0 Å². The Kier molecular flexibility index (Phi) is 5.10. The molecular formula is C22H22N4O3S. The lowest BCUT2D eigenvalue weighted by molar-refractivity contribution is -0.124. The van der Waals surface area contributed by atoms with E-state index < -0.39 is 0 Å². The normalized spacial score (nSPS) is 18.3. The summed E-state index contributed by atoms with van der Waals surface area (Å²) >= 11 is 1.44. The van der Waals surface area contributed by atoms with E-state index in [-0.39, 0.29) is 17.9 Å². The second-order valence-corrected chi connectivity index (χ2v) is 8.58. The van der Waals surface area contributed by atoms with Crippen molar-refractivity contribution in [3.63, 3.8) is 0 Å². The summed E-state index contributed by atoms with van der Waals surface area (Å²) in [7, 11) is 0. The average molecular weight is 423 g/mol. The second-order valence-electron chi connectivity index (χ2n) is 7.49. The molecule has 5 rings (SSSR count). The number of fused-ring (bicyclic) bond motifs is 1. The van der Waals surface area contributed by atoms with Crippen LogP contribution in [0.3, 0.4) is 0 Å². The monoisotopic (exact) mass is 422 g/mol. The first-order chi connectivity index (χ1) is 14.7. The predicted molar refractivity (Wildman–Crippen MR) is 114 cm³/mol. The minimum Gasteiger partial charge on any atom is -0.368 e. The predicted octanol–water partition coefficient (Wildman–Crippen LogP) is 3.25. The number of thiazole rings is 1. The first-order valence-electron chi connectivity index (χ1n) is 10.1. The van der Waals surface area contributed by atoms with Crippen LogP contribution in [0.15, 0.2) is 48.8 Å². The highest BCUT2D eigenvalue weighted by molar-refractivity contribution is 7.15. The molecule has 0 bridgehead atoms. The third-order valence-corrected chi connectivity index (χ3v) is 6.49. The Morgan fingerprint density at radius 1 is 1.17 bits per heavy atom. The fourth-order valence-corrected chi connectivity index (χ4v) is 4.88. The first kappa shape index (κ1) is 19.0. The molecule has 2 aliphatic rings. The highest BCUT2D eigenvalue weighted by Crippen LogP contribution is 2.29. The molecule has 0 aliphatic carbocycles. The fraction of sp³-hybridized carbons (Fsp3) is 0.318. The summed E-state index contributed by atoms with van der Waals surface area (Å²) < 4.78 is 7.43. The lowest BCUT2D eigenvalue weighted by Crippen LogP contribution is -2.35. The van der Waals surface area contributed by atoms with Gasteiger partial charge in [-0.25, -0.2) is 4.98 Å². The maximum absolute atomic E-state index is 13.0. The van der Waals surface area contributed by atoms with Gasteiger partial charge in [0.05, 0.1) is 12.2 Å². The summed E-state index contributed by atoms with van der Waals surface area (Å²) in [5.41, 5.74) is 2.66. The van der Waals surface area contributed by atoms with E-state index in [9.17, 15) is 9.59 Å². The van der Waals surface area contributed by atoms with E-state index in [1.165, 1.54) is 11.3 Å². The number of carbonyl (C=O) groups excluding carboxylic acids is 2. The molecule has 0 spiro atoms. The van der Waals surface area contributed by atoms with Crippen molar-refractivity contribution in [1.82, 2.24) is 14.5 Å². The Bertz CT molecular complexity index is 1050. The zero-order chi connectivity index (χ0) is 20.5. The van der Waals surface area contributed by atoms with Crippen molar-refractivity contribution >= 4 is 28.3 Å². The van der Waals surface area contributed by atoms with Gasteiger partial charge in [-0.2, -0.15) is 0 Å². The lowest BCUT2D eigenvalue weighted by atomic mass is 10.1. The maximum Gasteiger partial charge on any atom is 0.255 e. The molecule has 7 nitrogen and oxygen atoms in total. The number of aromatic nitrogens is 2. The Morgan fingerprint density at radius 2 is 1.97 bits per heavy atom. The summed E-state index contributed by atoms with van der Waals surface area (Å²) in [6, 6.07) is 11.6. The van der Waals surface area contributed by atoms with E-state index in [0.717, 1.165) is 29.1 Å². The summed E-state index contributed by atoms with van der Waals surface area (Å²) in [6.07, 6.45) is 5.93. The molecule has 154 valence electrons. The van der Waals surface area contributed by atoms with Gasteiger partial charge in [-0.15, -0.1) is 0 Å². The van der Waals surface area contributed by atoms with Crippen molar-refractivity contribution < 1.29 is 14.3 Å². The summed E-state index contributed by atoms with van der Waals surface area (Å²) in [4.78, 5) is 32.7. The molecule has 4 heterocycles. The summed E-state index contributed by atoms with van der Waals surface area (Å²) in [5.74, 6) is -0.118. The van der Waals surface area contributed by atoms with Crippen molar-refractivity contribution in [2.45, 2.75) is 31.9 Å². The van der Waals surface area contributed by atoms with Crippen molar-refractivity contribution in [3.05, 3.63) is 64.9 Å². The number of nitrogens with zero attached hydrogens (tertiary/aromatic N) is 3. The van der Waals surface area contributed by atoms with E-state index in [1.807, 2.05) is 58.3 Å². The molecule has 8 heteroatoms. The molecule has 2 aliphatic heterocycles. The smallest absolute Gasteiger partial charge is 0.255 e. The zero-order valence-corrected chi connectivity index (χ0v) is 17.2. The summed E-state index contributed by atoms with van der Waals surface area (Å²) in [5, 5.41) is 3.46. The van der Waals surface area contributed by atoms with Crippen LogP contribution < -0.4 is 5.32 Å². The molecule has 2 amide bonds. The highest BCUT2D eigenvalue weighted by atomic mass is 32.1. The number of ether oxygens (including phenoxy) is 1. The minimum atomic E-state index is -0.376. The second kappa shape index (κ2) is 8.04. The van der Waals surface area contributed by atoms with Crippen LogP contribution in [0.25, 0.3) is 5.69 Å². The standard InChI is InChI=1S/C22H22N4O3S/c27-20(18-4-3-13-29-18)24-22-23-17-9-12-26(14-19(17)30-22)21(28)15-5-7-16(8-6-15)25-10-1-2-11-25/h1-2,5-8,10-11,18H,3-4,9,12-14H2,(H,23,24,27). The quantitative estimate of drug-likeness (QED) is 0.700. The molecule has 1 fully saturated rings. The molecule has 1 N–H and O–H groups in total. The van der Waals surface area contributed by atoms with Gasteiger partial charge in [0, 0.05) is 48.1 Å². The topological polar surface area (TPSA) is 76.5 Å². The van der Waals surface area contributed by atoms with Gasteiger partial charge >= 0.3 is 0 Å². The molecule has 2 aromatic heterocycles. The van der Waals surface area contributed by atoms with Crippen LogP contribution in [-0.4, -0.2) is 45.5 Å². The molecule has 1 atom stereocenters. The van der Waals surface area contributed by atoms with E-state index in [1.54, 1.807) is 0 Å². The number of rotatable bonds is 4. The van der Waals surface area contributed by atoms with Gasteiger partial charge in [0.25, 0.3) is 11.8 Å². The Balaban J connectivity index is 1.25. The molecular weight excluding hydrogens is 400 g/mol. The van der Waals surface area contributed by atoms with Gasteiger partial charge in [-0.05, 0) is 49.2 Å². The van der Waals surface area contributed by atoms with Gasteiger partial charge in [-0.1, -0.05) is 11.3 Å². The summed E-state index contributed by atoms with van der Waals surface area (Å²) in [6.45, 7) is 1.77. The SMILES string of the molecule is O=C(Nc1nc2c(s1)CN(C(=O)c1ccc(-n3cccc3)cc1)CC2)C1CCCO1. The minimum absolute atomic E-state index is 0.0121. The van der Waals surface area contributed by atoms with Crippen LogP contribution in [0.2, 0.25) is 0 Å². The van der Waals surface area contributed by atoms with Crippen LogP contribution in [0.5, 0.6) is 0 Å². The largest absolute Gasteiger partial charge is 0.368 e. The number of benzene rings is 1. The van der Waals surface area contributed by atoms with Crippen molar-refractivity contribution in [3.8, 4) is 5.69 Å². The molecule has 3 aromatic rings. The van der Waals surface area contributed by atoms with Crippen molar-refractivity contribution in [2.75, 3.05) is 18.5 Å². The third-order valence-electron chi connectivity index (χ3n) is 5.49. The van der Waals surface area contributed by atoms with Gasteiger partial charge in [0.15, 0.2) is 5.13 Å². The molecule has 1 unspecified atom stereocenters. The van der Waals surface area contributed by atoms with E-state index in [2.05, 4.69) is 10.3 Å². The number of amides is 2. The fourth-order valence-electron chi connectivity index (χ4n) is 3.86. The number of hydrogen-bond donors (Lipinski definition) is 1. The number of hydrogen-bond acceptors (Lipinski definition) is 5. The molecule has 30 heavy (non-hydrogen) atoms. The van der Waals surface area contributed by atoms with E-state index >= 15 is 0 Å². The molecule has 0 saturated carbocycles. The van der Waals surface area contributed by atoms with Crippen LogP contribution >= 0.6 is 11.3 Å². The maximum atomic E-state index is 13.0. The number of nitrogens with one attached hydrogen (secondary N) is 1. The van der Waals surface area contributed by atoms with Gasteiger partial charge in [0.1, 0.15) is 6.10 Å². The third kappa shape index (κ3) is 3.76. The Morgan fingerprint density at radius 3 is 2.70 bits per heavy atom. The molecule has 1 aromatic carbocycles. The zero-order valence-electron chi connectivity index (χ0n) is 16.4. The van der Waals surface area contributed by atoms with Crippen LogP contribution in [0.1, 0.15) is 33.8 Å². The number of anilines is 1. The lowest BCUT2D eigenvalue weighted by Gasteiger charge is -2.26. The van der Waals surface area contributed by atoms with Crippen molar-refractivity contribution in [1.29, 1.82) is 0 Å². The highest BCUT2D eigenvalue weighted by Gasteiger charge is 2.27. The van der Waals surface area contributed by atoms with E-state index in [0.29, 0.717) is 36.8 Å². The van der Waals surface area contributed by atoms with E-state index in [4.69, 9.17) is 4.74 Å². The van der Waals surface area contributed by atoms with Crippen LogP contribution in [0, 0.1) is 0 Å². The Labute approximate surface area is 178 Å².